The summed E-state index contributed by atoms with van der Waals surface area (Å²) in [5, 5.41) is 0.223. The highest BCUT2D eigenvalue weighted by Gasteiger charge is 2.53. The molecule has 56 heavy (non-hydrogen) atoms. The van der Waals surface area contributed by atoms with E-state index >= 15 is 0 Å². The van der Waals surface area contributed by atoms with Crippen LogP contribution in [0.4, 0.5) is 0 Å². The highest BCUT2D eigenvalue weighted by molar-refractivity contribution is 6.74. The SMILES string of the molecule is CC(C)(C)[Si](C)(C)OC1=C2CCCC[C@@H]2[C@@H]2C(=O)c3ccccc3C(=O)[C@@H]2C1.CC(C)(C)[Si](C)(C)OC1=C2CCCC[C@@H]2[C@@H]2C(=O)c3ccccc3C(=O)[C@@H]2C1. The second kappa shape index (κ2) is 14.8. The molecule has 0 saturated heterocycles. The van der Waals surface area contributed by atoms with Crippen molar-refractivity contribution in [1.82, 2.24) is 0 Å². The Morgan fingerprint density at radius 2 is 0.804 bits per heavy atom. The van der Waals surface area contributed by atoms with Crippen LogP contribution >= 0.6 is 0 Å². The Bertz CT molecular complexity index is 1860. The average molecular weight is 793 g/mol. The van der Waals surface area contributed by atoms with Crippen LogP contribution < -0.4 is 0 Å². The highest BCUT2D eigenvalue weighted by atomic mass is 28.4. The van der Waals surface area contributed by atoms with Gasteiger partial charge in [0, 0.05) is 58.8 Å². The van der Waals surface area contributed by atoms with Gasteiger partial charge in [-0.05, 0) is 97.8 Å². The van der Waals surface area contributed by atoms with Gasteiger partial charge in [0.2, 0.25) is 16.6 Å². The minimum absolute atomic E-state index is 0.112. The monoisotopic (exact) mass is 792 g/mol. The van der Waals surface area contributed by atoms with Crippen LogP contribution in [-0.2, 0) is 8.85 Å². The van der Waals surface area contributed by atoms with Crippen molar-refractivity contribution >= 4 is 39.8 Å². The van der Waals surface area contributed by atoms with Crippen LogP contribution in [0.5, 0.6) is 0 Å². The molecule has 2 aromatic rings. The minimum Gasteiger partial charge on any atom is -0.547 e. The van der Waals surface area contributed by atoms with E-state index in [1.165, 1.54) is 11.1 Å². The number of allylic oxidation sites excluding steroid dienone is 4. The van der Waals surface area contributed by atoms with Crippen molar-refractivity contribution < 1.29 is 28.0 Å². The van der Waals surface area contributed by atoms with Crippen molar-refractivity contribution in [1.29, 1.82) is 0 Å². The summed E-state index contributed by atoms with van der Waals surface area (Å²) < 4.78 is 13.6. The summed E-state index contributed by atoms with van der Waals surface area (Å²) >= 11 is 0. The molecule has 0 spiro atoms. The number of carbonyl (C=O) groups is 4. The lowest BCUT2D eigenvalue weighted by Crippen LogP contribution is -2.47. The molecule has 0 N–H and O–H groups in total. The molecule has 0 bridgehead atoms. The van der Waals surface area contributed by atoms with Crippen molar-refractivity contribution in [3.63, 3.8) is 0 Å². The molecule has 0 unspecified atom stereocenters. The molecule has 8 rings (SSSR count). The predicted octanol–water partition coefficient (Wildman–Crippen LogP) is 12.3. The summed E-state index contributed by atoms with van der Waals surface area (Å²) in [5.41, 5.74) is 5.18. The van der Waals surface area contributed by atoms with E-state index in [0.717, 1.165) is 62.9 Å². The first-order chi connectivity index (χ1) is 26.2. The normalized spacial score (nSPS) is 27.8. The molecule has 6 atom stereocenters. The van der Waals surface area contributed by atoms with E-state index in [1.807, 2.05) is 48.5 Å². The number of ketones is 4. The molecule has 6 aliphatic rings. The van der Waals surface area contributed by atoms with E-state index < -0.39 is 16.6 Å². The van der Waals surface area contributed by atoms with E-state index in [1.54, 1.807) is 0 Å². The smallest absolute Gasteiger partial charge is 0.250 e. The third kappa shape index (κ3) is 7.09. The maximum absolute atomic E-state index is 13.4. The highest BCUT2D eigenvalue weighted by Crippen LogP contribution is 2.54. The first-order valence-corrected chi connectivity index (χ1v) is 27.2. The molecular formula is C48H64O6Si2. The fraction of sp³-hybridized carbons (Fsp3) is 0.583. The van der Waals surface area contributed by atoms with E-state index in [0.29, 0.717) is 35.1 Å². The second-order valence-corrected chi connectivity index (χ2v) is 30.0. The number of benzene rings is 2. The molecule has 0 aliphatic heterocycles. The lowest BCUT2D eigenvalue weighted by atomic mass is 9.59. The molecule has 2 fully saturated rings. The average Bonchev–Trinajstić information content (AvgIpc) is 3.15. The number of fused-ring (bicyclic) bond motifs is 8. The summed E-state index contributed by atoms with van der Waals surface area (Å²) in [6.07, 6.45) is 9.82. The molecule has 300 valence electrons. The Balaban J connectivity index is 0.000000172. The van der Waals surface area contributed by atoms with Crippen LogP contribution in [-0.4, -0.2) is 39.8 Å². The number of carbonyl (C=O) groups excluding carboxylic acids is 4. The van der Waals surface area contributed by atoms with Crippen LogP contribution in [0.3, 0.4) is 0 Å². The van der Waals surface area contributed by atoms with E-state index in [9.17, 15) is 19.2 Å². The maximum atomic E-state index is 13.4. The van der Waals surface area contributed by atoms with Gasteiger partial charge in [-0.15, -0.1) is 0 Å². The maximum Gasteiger partial charge on any atom is 0.250 e. The summed E-state index contributed by atoms with van der Waals surface area (Å²) in [6.45, 7) is 22.6. The van der Waals surface area contributed by atoms with Gasteiger partial charge in [0.05, 0.1) is 11.5 Å². The van der Waals surface area contributed by atoms with Crippen LogP contribution in [0.25, 0.3) is 0 Å². The van der Waals surface area contributed by atoms with Gasteiger partial charge in [0.25, 0.3) is 0 Å². The standard InChI is InChI=1S/2C24H32O3Si/c2*1-24(2,3)28(4,5)27-20-14-19-21(16-11-7-6-10-15(16)20)23(26)18-13-9-8-12-17(18)22(19)25/h2*8-9,12-13,16,19,21H,6-7,10-11,14H2,1-5H3/t2*16-,19+,21-/m00/s1. The van der Waals surface area contributed by atoms with Gasteiger partial charge in [-0.3, -0.25) is 19.2 Å². The molecule has 0 aromatic heterocycles. The zero-order valence-electron chi connectivity index (χ0n) is 35.6. The van der Waals surface area contributed by atoms with Crippen LogP contribution in [0, 0.1) is 35.5 Å². The number of hydrogen-bond acceptors (Lipinski definition) is 6. The number of hydrogen-bond donors (Lipinski definition) is 0. The van der Waals surface area contributed by atoms with Gasteiger partial charge < -0.3 is 8.85 Å². The van der Waals surface area contributed by atoms with Crippen LogP contribution in [0.15, 0.2) is 71.2 Å². The Morgan fingerprint density at radius 1 is 0.482 bits per heavy atom. The molecule has 0 heterocycles. The molecule has 6 aliphatic carbocycles. The van der Waals surface area contributed by atoms with Crippen molar-refractivity contribution in [2.45, 2.75) is 142 Å². The zero-order valence-corrected chi connectivity index (χ0v) is 37.6. The van der Waals surface area contributed by atoms with Crippen molar-refractivity contribution in [3.8, 4) is 0 Å². The summed E-state index contributed by atoms with van der Waals surface area (Å²) in [4.78, 5) is 53.5. The summed E-state index contributed by atoms with van der Waals surface area (Å²) in [5.74, 6) is 2.21. The van der Waals surface area contributed by atoms with Gasteiger partial charge in [-0.2, -0.15) is 0 Å². The fourth-order valence-corrected chi connectivity index (χ4v) is 12.3. The van der Waals surface area contributed by atoms with E-state index in [-0.39, 0.29) is 68.7 Å². The van der Waals surface area contributed by atoms with Crippen molar-refractivity contribution in [2.75, 3.05) is 0 Å². The first-order valence-electron chi connectivity index (χ1n) is 21.4. The molecule has 8 heteroatoms. The Labute approximate surface area is 337 Å². The minimum atomic E-state index is -1.99. The van der Waals surface area contributed by atoms with Crippen molar-refractivity contribution in [3.05, 3.63) is 93.4 Å². The predicted molar refractivity (Wildman–Crippen MR) is 228 cm³/mol. The first kappa shape index (κ1) is 40.8. The topological polar surface area (TPSA) is 86.7 Å². The van der Waals surface area contributed by atoms with E-state index in [4.69, 9.17) is 8.85 Å². The largest absolute Gasteiger partial charge is 0.547 e. The van der Waals surface area contributed by atoms with Crippen LogP contribution in [0.1, 0.15) is 147 Å². The van der Waals surface area contributed by atoms with Gasteiger partial charge >= 0.3 is 0 Å². The Morgan fingerprint density at radius 3 is 1.12 bits per heavy atom. The molecule has 0 radical (unpaired) electrons. The molecule has 2 saturated carbocycles. The van der Waals surface area contributed by atoms with Gasteiger partial charge in [-0.25, -0.2) is 0 Å². The van der Waals surface area contributed by atoms with Gasteiger partial charge in [0.15, 0.2) is 23.1 Å². The van der Waals surface area contributed by atoms with E-state index in [2.05, 4.69) is 67.7 Å². The zero-order chi connectivity index (χ0) is 40.5. The molecule has 0 amide bonds. The fourth-order valence-electron chi connectivity index (χ4n) is 10.0. The van der Waals surface area contributed by atoms with Crippen LogP contribution in [0.2, 0.25) is 36.3 Å². The number of rotatable bonds is 4. The quantitative estimate of drug-likeness (QED) is 0.287. The molecular weight excluding hydrogens is 729 g/mol. The summed E-state index contributed by atoms with van der Waals surface area (Å²) in [7, 11) is -3.98. The second-order valence-electron chi connectivity index (χ2n) is 20.5. The lowest BCUT2D eigenvalue weighted by Gasteiger charge is -2.46. The van der Waals surface area contributed by atoms with Gasteiger partial charge in [-0.1, -0.05) is 103 Å². The molecule has 2 aromatic carbocycles. The van der Waals surface area contributed by atoms with Gasteiger partial charge in [0.1, 0.15) is 0 Å². The lowest BCUT2D eigenvalue weighted by molar-refractivity contribution is 0.0616. The Hall–Kier alpha value is -3.37. The van der Waals surface area contributed by atoms with Crippen molar-refractivity contribution in [2.24, 2.45) is 35.5 Å². The third-order valence-corrected chi connectivity index (χ3v) is 23.9. The number of Topliss-reactive ketones (excluding diaryl/α,β-unsaturated/α-hetero) is 4. The third-order valence-electron chi connectivity index (χ3n) is 15.1. The Kier molecular flexibility index (Phi) is 10.8. The molecule has 6 nitrogen and oxygen atoms in total. The summed E-state index contributed by atoms with van der Waals surface area (Å²) in [6, 6.07) is 14.8.